The highest BCUT2D eigenvalue weighted by molar-refractivity contribution is 8.00. The van der Waals surface area contributed by atoms with E-state index in [0.29, 0.717) is 10.6 Å². The van der Waals surface area contributed by atoms with E-state index in [1.54, 1.807) is 25.1 Å². The fraction of sp³-hybridized carbons (Fsp3) is 0.333. The summed E-state index contributed by atoms with van der Waals surface area (Å²) < 4.78 is 0. The molecule has 0 unspecified atom stereocenters. The molecule has 3 rings (SSSR count). The highest BCUT2D eigenvalue weighted by Crippen LogP contribution is 2.27. The van der Waals surface area contributed by atoms with Crippen molar-refractivity contribution >= 4 is 46.9 Å². The SMILES string of the molecule is C[C@H](Sc1ccc(Cl)cc1)C(=O)N/N=C\c1cc([N+](=O)[O-])ccc1N1CCCCC1. The molecule has 2 aromatic carbocycles. The summed E-state index contributed by atoms with van der Waals surface area (Å²) in [5, 5.41) is 15.5. The number of non-ortho nitro benzene ring substituents is 1. The maximum Gasteiger partial charge on any atom is 0.270 e. The zero-order valence-corrected chi connectivity index (χ0v) is 18.2. The zero-order valence-electron chi connectivity index (χ0n) is 16.6. The smallest absolute Gasteiger partial charge is 0.270 e. The van der Waals surface area contributed by atoms with Gasteiger partial charge >= 0.3 is 0 Å². The predicted octanol–water partition coefficient (Wildman–Crippen LogP) is 4.87. The highest BCUT2D eigenvalue weighted by atomic mass is 35.5. The Kier molecular flexibility index (Phi) is 7.70. The lowest BCUT2D eigenvalue weighted by Crippen LogP contribution is -2.30. The van der Waals surface area contributed by atoms with Crippen LogP contribution in [0.25, 0.3) is 0 Å². The minimum Gasteiger partial charge on any atom is -0.371 e. The normalized spacial score (nSPS) is 15.2. The van der Waals surface area contributed by atoms with Gasteiger partial charge in [-0.1, -0.05) is 11.6 Å². The Bertz CT molecular complexity index is 930. The van der Waals surface area contributed by atoms with Gasteiger partial charge < -0.3 is 4.90 Å². The standard InChI is InChI=1S/C21H23ClN4O3S/c1-15(30-19-8-5-17(22)6-9-19)21(27)24-23-14-16-13-18(26(28)29)7-10-20(16)25-11-3-2-4-12-25/h5-10,13-15H,2-4,11-12H2,1H3,(H,24,27)/b23-14-/t15-/m0/s1. The average Bonchev–Trinajstić information content (AvgIpc) is 2.75. The van der Waals surface area contributed by atoms with E-state index in [-0.39, 0.29) is 16.8 Å². The molecule has 0 saturated carbocycles. The van der Waals surface area contributed by atoms with Crippen molar-refractivity contribution in [3.8, 4) is 0 Å². The van der Waals surface area contributed by atoms with Gasteiger partial charge in [-0.25, -0.2) is 5.43 Å². The number of hydrogen-bond acceptors (Lipinski definition) is 6. The summed E-state index contributed by atoms with van der Waals surface area (Å²) in [7, 11) is 0. The van der Waals surface area contributed by atoms with Crippen LogP contribution in [0.15, 0.2) is 52.5 Å². The molecule has 1 amide bonds. The van der Waals surface area contributed by atoms with Crippen molar-refractivity contribution in [1.29, 1.82) is 0 Å². The number of nitro benzene ring substituents is 1. The first-order valence-electron chi connectivity index (χ1n) is 9.72. The number of benzene rings is 2. The number of nitrogens with one attached hydrogen (secondary N) is 1. The molecule has 0 aromatic heterocycles. The van der Waals surface area contributed by atoms with Crippen LogP contribution < -0.4 is 10.3 Å². The lowest BCUT2D eigenvalue weighted by atomic mass is 10.1. The molecule has 30 heavy (non-hydrogen) atoms. The number of halogens is 1. The van der Waals surface area contributed by atoms with Crippen LogP contribution in [0.3, 0.4) is 0 Å². The third-order valence-corrected chi connectivity index (χ3v) is 6.16. The first-order chi connectivity index (χ1) is 14.4. The lowest BCUT2D eigenvalue weighted by Gasteiger charge is -2.29. The number of anilines is 1. The number of hydrazone groups is 1. The van der Waals surface area contributed by atoms with Crippen molar-refractivity contribution in [2.75, 3.05) is 18.0 Å². The third-order valence-electron chi connectivity index (χ3n) is 4.79. The van der Waals surface area contributed by atoms with Crippen molar-refractivity contribution in [3.63, 3.8) is 0 Å². The summed E-state index contributed by atoms with van der Waals surface area (Å²) >= 11 is 7.28. The van der Waals surface area contributed by atoms with E-state index in [1.807, 2.05) is 12.1 Å². The van der Waals surface area contributed by atoms with Crippen LogP contribution in [0.5, 0.6) is 0 Å². The van der Waals surface area contributed by atoms with Gasteiger partial charge in [0, 0.05) is 46.4 Å². The maximum absolute atomic E-state index is 12.4. The van der Waals surface area contributed by atoms with Gasteiger partial charge in [-0.2, -0.15) is 5.10 Å². The summed E-state index contributed by atoms with van der Waals surface area (Å²) in [6, 6.07) is 12.0. The largest absolute Gasteiger partial charge is 0.371 e. The van der Waals surface area contributed by atoms with E-state index in [0.717, 1.165) is 36.5 Å². The molecule has 1 aliphatic rings. The Morgan fingerprint density at radius 3 is 2.60 bits per heavy atom. The van der Waals surface area contributed by atoms with Crippen molar-refractivity contribution in [1.82, 2.24) is 5.43 Å². The Balaban J connectivity index is 1.68. The fourth-order valence-electron chi connectivity index (χ4n) is 3.21. The molecule has 0 spiro atoms. The molecule has 1 saturated heterocycles. The van der Waals surface area contributed by atoms with E-state index >= 15 is 0 Å². The van der Waals surface area contributed by atoms with Gasteiger partial charge in [0.15, 0.2) is 0 Å². The molecule has 1 heterocycles. The van der Waals surface area contributed by atoms with E-state index in [2.05, 4.69) is 15.4 Å². The fourth-order valence-corrected chi connectivity index (χ4v) is 4.20. The molecule has 2 aromatic rings. The number of thioether (sulfide) groups is 1. The highest BCUT2D eigenvalue weighted by Gasteiger charge is 2.17. The number of nitrogens with zero attached hydrogens (tertiary/aromatic N) is 3. The predicted molar refractivity (Wildman–Crippen MR) is 122 cm³/mol. The number of carbonyl (C=O) groups excluding carboxylic acids is 1. The van der Waals surface area contributed by atoms with Crippen LogP contribution >= 0.6 is 23.4 Å². The van der Waals surface area contributed by atoms with Gasteiger partial charge in [0.1, 0.15) is 0 Å². The minimum absolute atomic E-state index is 0.00445. The van der Waals surface area contributed by atoms with Gasteiger partial charge in [-0.05, 0) is 56.5 Å². The van der Waals surface area contributed by atoms with Crippen LogP contribution in [0.1, 0.15) is 31.7 Å². The van der Waals surface area contributed by atoms with Crippen LogP contribution in [0.4, 0.5) is 11.4 Å². The van der Waals surface area contributed by atoms with Gasteiger partial charge in [0.05, 0.1) is 16.4 Å². The molecule has 1 aliphatic heterocycles. The first-order valence-corrected chi connectivity index (χ1v) is 11.0. The summed E-state index contributed by atoms with van der Waals surface area (Å²) in [4.78, 5) is 26.3. The van der Waals surface area contributed by atoms with Crippen molar-refractivity contribution in [2.45, 2.75) is 36.3 Å². The van der Waals surface area contributed by atoms with Gasteiger partial charge in [-0.15, -0.1) is 11.8 Å². The molecule has 0 aliphatic carbocycles. The monoisotopic (exact) mass is 446 g/mol. The van der Waals surface area contributed by atoms with Crippen LogP contribution in [-0.2, 0) is 4.79 Å². The summed E-state index contributed by atoms with van der Waals surface area (Å²) in [6.07, 6.45) is 4.84. The molecule has 158 valence electrons. The first kappa shape index (κ1) is 22.1. The van der Waals surface area contributed by atoms with Gasteiger partial charge in [-0.3, -0.25) is 14.9 Å². The zero-order chi connectivity index (χ0) is 21.5. The third kappa shape index (κ3) is 5.96. The van der Waals surface area contributed by atoms with Crippen molar-refractivity contribution in [3.05, 3.63) is 63.2 Å². The Hall–Kier alpha value is -2.58. The molecule has 0 bridgehead atoms. The molecule has 7 nitrogen and oxygen atoms in total. The Morgan fingerprint density at radius 1 is 1.23 bits per heavy atom. The lowest BCUT2D eigenvalue weighted by molar-refractivity contribution is -0.384. The molecular formula is C21H23ClN4O3S. The van der Waals surface area contributed by atoms with E-state index < -0.39 is 4.92 Å². The molecule has 9 heteroatoms. The Morgan fingerprint density at radius 2 is 1.93 bits per heavy atom. The topological polar surface area (TPSA) is 87.8 Å². The van der Waals surface area contributed by atoms with Gasteiger partial charge in [0.25, 0.3) is 11.6 Å². The molecule has 1 fully saturated rings. The Labute approximate surface area is 184 Å². The summed E-state index contributed by atoms with van der Waals surface area (Å²) in [6.45, 7) is 3.59. The van der Waals surface area contributed by atoms with Crippen LogP contribution in [0, 0.1) is 10.1 Å². The molecule has 0 radical (unpaired) electrons. The minimum atomic E-state index is -0.430. The number of piperidine rings is 1. The van der Waals surface area contributed by atoms with Crippen LogP contribution in [-0.4, -0.2) is 35.4 Å². The van der Waals surface area contributed by atoms with E-state index in [1.165, 1.54) is 36.5 Å². The quantitative estimate of drug-likeness (QED) is 0.283. The number of rotatable bonds is 7. The number of carbonyl (C=O) groups is 1. The second kappa shape index (κ2) is 10.4. The van der Waals surface area contributed by atoms with Crippen molar-refractivity contribution in [2.24, 2.45) is 5.10 Å². The maximum atomic E-state index is 12.4. The van der Waals surface area contributed by atoms with Gasteiger partial charge in [0.2, 0.25) is 0 Å². The number of nitro groups is 1. The van der Waals surface area contributed by atoms with Crippen molar-refractivity contribution < 1.29 is 9.72 Å². The van der Waals surface area contributed by atoms with Crippen LogP contribution in [0.2, 0.25) is 5.02 Å². The van der Waals surface area contributed by atoms with E-state index in [4.69, 9.17) is 11.6 Å². The molecule has 1 N–H and O–H groups in total. The molecular weight excluding hydrogens is 424 g/mol. The average molecular weight is 447 g/mol. The second-order valence-electron chi connectivity index (χ2n) is 7.00. The summed E-state index contributed by atoms with van der Waals surface area (Å²) in [5.74, 6) is -0.254. The second-order valence-corrected chi connectivity index (χ2v) is 8.85. The molecule has 1 atom stereocenters. The van der Waals surface area contributed by atoms with E-state index in [9.17, 15) is 14.9 Å². The number of hydrogen-bond donors (Lipinski definition) is 1. The summed E-state index contributed by atoms with van der Waals surface area (Å²) in [5.41, 5.74) is 4.04. The number of amides is 1.